The van der Waals surface area contributed by atoms with E-state index in [1.165, 1.54) is 5.56 Å². The van der Waals surface area contributed by atoms with Gasteiger partial charge in [0.25, 0.3) is 0 Å². The standard InChI is InChI=1S/C24H39N7/c1-6-24(7-2,29-18(4)20-12-10-9-11-13-20)17-26-23(25-8-3)28-21-14-15-22-27-19(5)30-31(22)16-21/h9-13,18,21,29H,6-8,14-17H2,1-5H3,(H2,25,26,28). The van der Waals surface area contributed by atoms with E-state index in [4.69, 9.17) is 4.99 Å². The highest BCUT2D eigenvalue weighted by molar-refractivity contribution is 5.80. The van der Waals surface area contributed by atoms with Gasteiger partial charge in [-0.3, -0.25) is 4.99 Å². The summed E-state index contributed by atoms with van der Waals surface area (Å²) in [7, 11) is 0. The molecule has 0 aliphatic carbocycles. The van der Waals surface area contributed by atoms with Crippen LogP contribution in [0.15, 0.2) is 35.3 Å². The Hall–Kier alpha value is -2.41. The molecule has 3 N–H and O–H groups in total. The van der Waals surface area contributed by atoms with Gasteiger partial charge in [0, 0.05) is 30.6 Å². The molecule has 0 radical (unpaired) electrons. The van der Waals surface area contributed by atoms with Gasteiger partial charge in [0.2, 0.25) is 0 Å². The molecule has 170 valence electrons. The fourth-order valence-corrected chi connectivity index (χ4v) is 4.30. The monoisotopic (exact) mass is 425 g/mol. The average molecular weight is 426 g/mol. The molecule has 1 aromatic carbocycles. The lowest BCUT2D eigenvalue weighted by molar-refractivity contribution is 0.280. The zero-order valence-electron chi connectivity index (χ0n) is 19.8. The minimum absolute atomic E-state index is 0.0413. The third-order valence-electron chi connectivity index (χ3n) is 6.36. The van der Waals surface area contributed by atoms with Crippen molar-refractivity contribution in [2.75, 3.05) is 13.1 Å². The number of aryl methyl sites for hydroxylation is 2. The molecule has 3 rings (SSSR count). The molecule has 1 aromatic heterocycles. The third-order valence-corrected chi connectivity index (χ3v) is 6.36. The predicted octanol–water partition coefficient (Wildman–Crippen LogP) is 3.37. The minimum atomic E-state index is -0.0413. The highest BCUT2D eigenvalue weighted by atomic mass is 15.4. The summed E-state index contributed by atoms with van der Waals surface area (Å²) in [6, 6.07) is 11.2. The van der Waals surface area contributed by atoms with E-state index in [9.17, 15) is 0 Å². The number of benzene rings is 1. The first-order chi connectivity index (χ1) is 15.0. The highest BCUT2D eigenvalue weighted by Crippen LogP contribution is 2.22. The van der Waals surface area contributed by atoms with Crippen LogP contribution in [0, 0.1) is 6.92 Å². The lowest BCUT2D eigenvalue weighted by Crippen LogP contribution is -2.51. The van der Waals surface area contributed by atoms with Crippen molar-refractivity contribution >= 4 is 5.96 Å². The molecule has 31 heavy (non-hydrogen) atoms. The van der Waals surface area contributed by atoms with E-state index < -0.39 is 0 Å². The summed E-state index contributed by atoms with van der Waals surface area (Å²) in [4.78, 5) is 9.53. The van der Waals surface area contributed by atoms with Gasteiger partial charge in [-0.25, -0.2) is 9.67 Å². The normalized spacial score (nSPS) is 17.8. The Labute approximate surface area is 187 Å². The van der Waals surface area contributed by atoms with Crippen LogP contribution in [0.3, 0.4) is 0 Å². The zero-order valence-corrected chi connectivity index (χ0v) is 19.8. The van der Waals surface area contributed by atoms with Gasteiger partial charge < -0.3 is 16.0 Å². The molecule has 0 saturated heterocycles. The molecule has 7 heteroatoms. The molecule has 2 aromatic rings. The predicted molar refractivity (Wildman–Crippen MR) is 127 cm³/mol. The molecule has 0 bridgehead atoms. The molecule has 2 unspecified atom stereocenters. The van der Waals surface area contributed by atoms with Gasteiger partial charge in [0.15, 0.2) is 5.96 Å². The Kier molecular flexibility index (Phi) is 8.07. The van der Waals surface area contributed by atoms with Crippen molar-refractivity contribution in [1.29, 1.82) is 0 Å². The Morgan fingerprint density at radius 2 is 1.97 bits per heavy atom. The Bertz CT molecular complexity index is 839. The highest BCUT2D eigenvalue weighted by Gasteiger charge is 2.28. The smallest absolute Gasteiger partial charge is 0.191 e. The summed E-state index contributed by atoms with van der Waals surface area (Å²) in [5.41, 5.74) is 1.27. The Morgan fingerprint density at radius 3 is 2.65 bits per heavy atom. The molecule has 7 nitrogen and oxygen atoms in total. The largest absolute Gasteiger partial charge is 0.357 e. The Morgan fingerprint density at radius 1 is 1.23 bits per heavy atom. The van der Waals surface area contributed by atoms with Crippen molar-refractivity contribution < 1.29 is 0 Å². The van der Waals surface area contributed by atoms with Gasteiger partial charge in [-0.05, 0) is 45.6 Å². The van der Waals surface area contributed by atoms with Crippen molar-refractivity contribution in [3.05, 3.63) is 47.5 Å². The number of aliphatic imine (C=N–C) groups is 1. The number of hydrogen-bond donors (Lipinski definition) is 3. The zero-order chi connectivity index (χ0) is 22.3. The van der Waals surface area contributed by atoms with Gasteiger partial charge >= 0.3 is 0 Å². The van der Waals surface area contributed by atoms with Gasteiger partial charge in [0.05, 0.1) is 13.1 Å². The van der Waals surface area contributed by atoms with Crippen LogP contribution >= 0.6 is 0 Å². The number of nitrogens with zero attached hydrogens (tertiary/aromatic N) is 4. The van der Waals surface area contributed by atoms with Crippen LogP contribution in [0.4, 0.5) is 0 Å². The van der Waals surface area contributed by atoms with Gasteiger partial charge in [-0.2, -0.15) is 5.10 Å². The minimum Gasteiger partial charge on any atom is -0.357 e. The third kappa shape index (κ3) is 6.06. The average Bonchev–Trinajstić information content (AvgIpc) is 3.16. The van der Waals surface area contributed by atoms with E-state index in [0.29, 0.717) is 6.04 Å². The SMILES string of the molecule is CCNC(=NCC(CC)(CC)NC(C)c1ccccc1)NC1CCc2nc(C)nn2C1. The summed E-state index contributed by atoms with van der Waals surface area (Å²) in [5, 5.41) is 15.5. The molecule has 2 heterocycles. The number of hydrogen-bond acceptors (Lipinski definition) is 4. The molecular weight excluding hydrogens is 386 g/mol. The van der Waals surface area contributed by atoms with E-state index in [1.807, 2.05) is 11.6 Å². The van der Waals surface area contributed by atoms with Crippen LogP contribution in [0.2, 0.25) is 0 Å². The van der Waals surface area contributed by atoms with Gasteiger partial charge in [-0.15, -0.1) is 0 Å². The second kappa shape index (κ2) is 10.8. The molecule has 1 aliphatic rings. The summed E-state index contributed by atoms with van der Waals surface area (Å²) >= 11 is 0. The van der Waals surface area contributed by atoms with Crippen molar-refractivity contribution in [1.82, 2.24) is 30.7 Å². The molecule has 0 amide bonds. The molecule has 1 aliphatic heterocycles. The maximum absolute atomic E-state index is 5.02. The van der Waals surface area contributed by atoms with Crippen molar-refractivity contribution in [2.24, 2.45) is 4.99 Å². The Balaban J connectivity index is 1.67. The molecule has 0 spiro atoms. The van der Waals surface area contributed by atoms with E-state index >= 15 is 0 Å². The van der Waals surface area contributed by atoms with Crippen LogP contribution < -0.4 is 16.0 Å². The van der Waals surface area contributed by atoms with E-state index in [-0.39, 0.29) is 11.6 Å². The number of rotatable bonds is 9. The summed E-state index contributed by atoms with van der Waals surface area (Å²) in [6.07, 6.45) is 4.03. The maximum atomic E-state index is 5.02. The fourth-order valence-electron chi connectivity index (χ4n) is 4.30. The molecule has 2 atom stereocenters. The van der Waals surface area contributed by atoms with Crippen LogP contribution in [0.5, 0.6) is 0 Å². The van der Waals surface area contributed by atoms with Gasteiger partial charge in [-0.1, -0.05) is 44.2 Å². The number of nitrogens with one attached hydrogen (secondary N) is 3. The summed E-state index contributed by atoms with van der Waals surface area (Å²) in [5.74, 6) is 2.83. The second-order valence-corrected chi connectivity index (χ2v) is 8.60. The first-order valence-corrected chi connectivity index (χ1v) is 11.8. The lowest BCUT2D eigenvalue weighted by Gasteiger charge is -2.35. The molecule has 0 fully saturated rings. The lowest BCUT2D eigenvalue weighted by atomic mass is 9.90. The van der Waals surface area contributed by atoms with E-state index in [2.05, 4.69) is 84.1 Å². The first-order valence-electron chi connectivity index (χ1n) is 11.8. The van der Waals surface area contributed by atoms with Crippen LogP contribution in [-0.2, 0) is 13.0 Å². The first kappa shape index (κ1) is 23.3. The van der Waals surface area contributed by atoms with E-state index in [1.54, 1.807) is 0 Å². The van der Waals surface area contributed by atoms with Crippen LogP contribution in [0.25, 0.3) is 0 Å². The van der Waals surface area contributed by atoms with Crippen LogP contribution in [-0.4, -0.2) is 45.4 Å². The number of aromatic nitrogens is 3. The van der Waals surface area contributed by atoms with Gasteiger partial charge in [0.1, 0.15) is 11.6 Å². The summed E-state index contributed by atoms with van der Waals surface area (Å²) in [6.45, 7) is 13.2. The van der Waals surface area contributed by atoms with Crippen molar-refractivity contribution in [2.45, 2.75) is 84.5 Å². The molecule has 0 saturated carbocycles. The topological polar surface area (TPSA) is 79.2 Å². The fraction of sp³-hybridized carbons (Fsp3) is 0.625. The van der Waals surface area contributed by atoms with E-state index in [0.717, 1.165) is 62.9 Å². The number of guanidine groups is 1. The van der Waals surface area contributed by atoms with Crippen molar-refractivity contribution in [3.63, 3.8) is 0 Å². The molecular formula is C24H39N7. The maximum Gasteiger partial charge on any atom is 0.191 e. The quantitative estimate of drug-likeness (QED) is 0.424. The van der Waals surface area contributed by atoms with Crippen molar-refractivity contribution in [3.8, 4) is 0 Å². The van der Waals surface area contributed by atoms with Crippen LogP contribution in [0.1, 0.15) is 70.2 Å². The second-order valence-electron chi connectivity index (χ2n) is 8.60. The number of fused-ring (bicyclic) bond motifs is 1. The summed E-state index contributed by atoms with van der Waals surface area (Å²) < 4.78 is 2.03.